The number of aromatic hydroxyl groups is 1. The fourth-order valence-corrected chi connectivity index (χ4v) is 4.47. The van der Waals surface area contributed by atoms with Crippen molar-refractivity contribution in [3.8, 4) is 5.75 Å². The maximum Gasteiger partial charge on any atom is 0.317 e. The predicted molar refractivity (Wildman–Crippen MR) is 114 cm³/mol. The molecule has 2 N–H and O–H groups in total. The van der Waals surface area contributed by atoms with Crippen LogP contribution in [0.5, 0.6) is 5.75 Å². The van der Waals surface area contributed by atoms with Crippen LogP contribution in [0.15, 0.2) is 24.3 Å². The number of nitrogens with one attached hydrogen (secondary N) is 1. The molecule has 5 heteroatoms. The molecule has 0 saturated carbocycles. The predicted octanol–water partition coefficient (Wildman–Crippen LogP) is 4.01. The topological polar surface area (TPSA) is 55.8 Å². The second-order valence-electron chi connectivity index (χ2n) is 9.15. The number of hydrogen-bond acceptors (Lipinski definition) is 3. The van der Waals surface area contributed by atoms with Gasteiger partial charge in [-0.3, -0.25) is 4.90 Å². The van der Waals surface area contributed by atoms with Crippen LogP contribution in [0.2, 0.25) is 0 Å². The Hall–Kier alpha value is -1.75. The maximum atomic E-state index is 12.6. The zero-order chi connectivity index (χ0) is 20.0. The van der Waals surface area contributed by atoms with E-state index < -0.39 is 0 Å². The van der Waals surface area contributed by atoms with E-state index in [2.05, 4.69) is 24.1 Å². The van der Waals surface area contributed by atoms with Crippen molar-refractivity contribution in [1.82, 2.24) is 15.1 Å². The van der Waals surface area contributed by atoms with Crippen molar-refractivity contribution in [3.05, 3.63) is 29.8 Å². The number of phenols is 1. The number of amides is 2. The van der Waals surface area contributed by atoms with Gasteiger partial charge in [0.1, 0.15) is 5.75 Å². The fourth-order valence-electron chi connectivity index (χ4n) is 4.47. The van der Waals surface area contributed by atoms with Gasteiger partial charge < -0.3 is 15.3 Å². The van der Waals surface area contributed by atoms with E-state index in [1.807, 2.05) is 17.0 Å². The molecule has 0 atom stereocenters. The zero-order valence-corrected chi connectivity index (χ0v) is 17.6. The molecule has 1 aromatic carbocycles. The first kappa shape index (κ1) is 21.0. The zero-order valence-electron chi connectivity index (χ0n) is 17.6. The molecule has 156 valence electrons. The number of nitrogens with zero attached hydrogens (tertiary/aromatic N) is 2. The van der Waals surface area contributed by atoms with E-state index >= 15 is 0 Å². The standard InChI is InChI=1S/C23H37N3O2/c1-23(2,26-14-4-3-5-15-26)18-24-22(28)25-16-12-20(13-17-25)7-6-19-8-10-21(27)11-9-19/h8-11,20,27H,3-7,12-18H2,1-2H3,(H,24,28). The van der Waals surface area contributed by atoms with Gasteiger partial charge >= 0.3 is 6.03 Å². The molecule has 3 rings (SSSR count). The highest BCUT2D eigenvalue weighted by atomic mass is 16.3. The minimum Gasteiger partial charge on any atom is -0.508 e. The number of likely N-dealkylation sites (tertiary alicyclic amines) is 2. The molecule has 2 aliphatic heterocycles. The van der Waals surface area contributed by atoms with Gasteiger partial charge in [0, 0.05) is 25.2 Å². The number of rotatable bonds is 6. The summed E-state index contributed by atoms with van der Waals surface area (Å²) in [7, 11) is 0. The number of aryl methyl sites for hydroxylation is 1. The van der Waals surface area contributed by atoms with Crippen molar-refractivity contribution in [2.75, 3.05) is 32.7 Å². The van der Waals surface area contributed by atoms with E-state index in [0.29, 0.717) is 18.2 Å². The molecule has 0 aliphatic carbocycles. The summed E-state index contributed by atoms with van der Waals surface area (Å²) in [5, 5.41) is 12.6. The molecule has 28 heavy (non-hydrogen) atoms. The third-order valence-electron chi connectivity index (χ3n) is 6.56. The lowest BCUT2D eigenvalue weighted by Gasteiger charge is -2.41. The van der Waals surface area contributed by atoms with E-state index in [9.17, 15) is 9.90 Å². The Kier molecular flexibility index (Phi) is 7.22. The van der Waals surface area contributed by atoms with E-state index in [-0.39, 0.29) is 11.6 Å². The van der Waals surface area contributed by atoms with Crippen LogP contribution in [0.4, 0.5) is 4.79 Å². The summed E-state index contributed by atoms with van der Waals surface area (Å²) >= 11 is 0. The Morgan fingerprint density at radius 3 is 2.36 bits per heavy atom. The quantitative estimate of drug-likeness (QED) is 0.775. The first-order valence-electron chi connectivity index (χ1n) is 11.0. The highest BCUT2D eigenvalue weighted by Gasteiger charge is 2.29. The van der Waals surface area contributed by atoms with Crippen LogP contribution in [0.3, 0.4) is 0 Å². The van der Waals surface area contributed by atoms with Crippen molar-refractivity contribution in [3.63, 3.8) is 0 Å². The molecule has 2 fully saturated rings. The normalized spacial score (nSPS) is 19.6. The van der Waals surface area contributed by atoms with Gasteiger partial charge in [0.25, 0.3) is 0 Å². The summed E-state index contributed by atoms with van der Waals surface area (Å²) in [6, 6.07) is 7.62. The molecule has 1 aromatic rings. The van der Waals surface area contributed by atoms with Crippen molar-refractivity contribution in [1.29, 1.82) is 0 Å². The smallest absolute Gasteiger partial charge is 0.317 e. The lowest BCUT2D eigenvalue weighted by atomic mass is 9.90. The number of benzene rings is 1. The van der Waals surface area contributed by atoms with Crippen molar-refractivity contribution in [2.24, 2.45) is 5.92 Å². The largest absolute Gasteiger partial charge is 0.508 e. The third kappa shape index (κ3) is 5.87. The van der Waals surface area contributed by atoms with Crippen LogP contribution >= 0.6 is 0 Å². The second-order valence-corrected chi connectivity index (χ2v) is 9.15. The van der Waals surface area contributed by atoms with E-state index in [4.69, 9.17) is 0 Å². The molecule has 0 aromatic heterocycles. The maximum absolute atomic E-state index is 12.6. The molecule has 2 saturated heterocycles. The van der Waals surface area contributed by atoms with E-state index in [1.54, 1.807) is 12.1 Å². The average molecular weight is 388 g/mol. The van der Waals surface area contributed by atoms with Crippen LogP contribution in [-0.2, 0) is 6.42 Å². The Bertz CT molecular complexity index is 615. The molecule has 0 bridgehead atoms. The Labute approximate surface area is 170 Å². The van der Waals surface area contributed by atoms with Crippen LogP contribution in [0.1, 0.15) is 57.9 Å². The number of carbonyl (C=O) groups excluding carboxylic acids is 1. The van der Waals surface area contributed by atoms with Crippen molar-refractivity contribution < 1.29 is 9.90 Å². The van der Waals surface area contributed by atoms with Crippen LogP contribution in [0, 0.1) is 5.92 Å². The lowest BCUT2D eigenvalue weighted by molar-refractivity contribution is 0.0926. The number of piperidine rings is 2. The van der Waals surface area contributed by atoms with Gasteiger partial charge in [0.2, 0.25) is 0 Å². The summed E-state index contributed by atoms with van der Waals surface area (Å²) < 4.78 is 0. The van der Waals surface area contributed by atoms with Gasteiger partial charge in [-0.1, -0.05) is 18.6 Å². The highest BCUT2D eigenvalue weighted by molar-refractivity contribution is 5.74. The minimum absolute atomic E-state index is 0.0263. The highest BCUT2D eigenvalue weighted by Crippen LogP contribution is 2.24. The number of hydrogen-bond donors (Lipinski definition) is 2. The molecular weight excluding hydrogens is 350 g/mol. The van der Waals surface area contributed by atoms with Crippen molar-refractivity contribution >= 4 is 6.03 Å². The summed E-state index contributed by atoms with van der Waals surface area (Å²) in [6.45, 7) is 9.21. The fraction of sp³-hybridized carbons (Fsp3) is 0.696. The van der Waals surface area contributed by atoms with Gasteiger partial charge in [-0.25, -0.2) is 4.79 Å². The summed E-state index contributed by atoms with van der Waals surface area (Å²) in [5.41, 5.74) is 1.30. The van der Waals surface area contributed by atoms with Gasteiger partial charge in [-0.05, 0) is 89.1 Å². The summed E-state index contributed by atoms with van der Waals surface area (Å²) in [4.78, 5) is 17.1. The van der Waals surface area contributed by atoms with Crippen LogP contribution < -0.4 is 5.32 Å². The minimum atomic E-state index is 0.0263. The first-order valence-corrected chi connectivity index (χ1v) is 11.0. The number of phenolic OH excluding ortho intramolecular Hbond substituents is 1. The molecule has 0 radical (unpaired) electrons. The van der Waals surface area contributed by atoms with Gasteiger partial charge in [0.05, 0.1) is 0 Å². The molecule has 2 aliphatic rings. The Balaban J connectivity index is 1.36. The summed E-state index contributed by atoms with van der Waals surface area (Å²) in [6.07, 6.45) is 8.25. The third-order valence-corrected chi connectivity index (χ3v) is 6.56. The SMILES string of the molecule is CC(C)(CNC(=O)N1CCC(CCc2ccc(O)cc2)CC1)N1CCCCC1. The Morgan fingerprint density at radius 2 is 1.71 bits per heavy atom. The van der Waals surface area contributed by atoms with E-state index in [1.165, 1.54) is 24.8 Å². The number of urea groups is 1. The monoisotopic (exact) mass is 387 g/mol. The molecular formula is C23H37N3O2. The molecule has 0 unspecified atom stereocenters. The second kappa shape index (κ2) is 9.64. The average Bonchev–Trinajstić information content (AvgIpc) is 2.73. The molecule has 0 spiro atoms. The molecule has 2 heterocycles. The Morgan fingerprint density at radius 1 is 1.07 bits per heavy atom. The number of carbonyl (C=O) groups is 1. The molecule has 2 amide bonds. The summed E-state index contributed by atoms with van der Waals surface area (Å²) in [5.74, 6) is 1.01. The van der Waals surface area contributed by atoms with Crippen LogP contribution in [-0.4, -0.2) is 59.2 Å². The van der Waals surface area contributed by atoms with Crippen molar-refractivity contribution in [2.45, 2.75) is 64.3 Å². The van der Waals surface area contributed by atoms with E-state index in [0.717, 1.165) is 51.9 Å². The lowest BCUT2D eigenvalue weighted by Crippen LogP contribution is -2.55. The van der Waals surface area contributed by atoms with Crippen LogP contribution in [0.25, 0.3) is 0 Å². The molecule has 5 nitrogen and oxygen atoms in total. The van der Waals surface area contributed by atoms with Gasteiger partial charge in [-0.15, -0.1) is 0 Å². The first-order chi connectivity index (χ1) is 13.4. The van der Waals surface area contributed by atoms with Gasteiger partial charge in [-0.2, -0.15) is 0 Å². The van der Waals surface area contributed by atoms with Gasteiger partial charge in [0.15, 0.2) is 0 Å².